The largest absolute Gasteiger partial charge is 0.224 e. The van der Waals surface area contributed by atoms with E-state index < -0.39 is 9.84 Å². The van der Waals surface area contributed by atoms with Crippen LogP contribution in [0, 0.1) is 0 Å². The van der Waals surface area contributed by atoms with Crippen molar-refractivity contribution in [2.75, 3.05) is 6.26 Å². The first kappa shape index (κ1) is 28.6. The van der Waals surface area contributed by atoms with E-state index in [9.17, 15) is 8.42 Å². The van der Waals surface area contributed by atoms with Crippen molar-refractivity contribution in [1.82, 2.24) is 0 Å². The minimum atomic E-state index is -3.47. The van der Waals surface area contributed by atoms with E-state index >= 15 is 0 Å². The van der Waals surface area contributed by atoms with Crippen molar-refractivity contribution in [3.63, 3.8) is 0 Å². The fourth-order valence-electron chi connectivity index (χ4n) is 6.70. The normalized spacial score (nSPS) is 12.1. The molecule has 0 saturated carbocycles. The second-order valence-corrected chi connectivity index (χ2v) is 17.0. The molecule has 226 valence electrons. The Morgan fingerprint density at radius 2 is 0.787 bits per heavy atom. The number of sulfone groups is 1. The van der Waals surface area contributed by atoms with Gasteiger partial charge in [-0.2, -0.15) is 0 Å². The van der Waals surface area contributed by atoms with Crippen LogP contribution in [0.4, 0.5) is 0 Å². The Kier molecular flexibility index (Phi) is 6.70. The van der Waals surface area contributed by atoms with Gasteiger partial charge in [0, 0.05) is 41.8 Å². The highest BCUT2D eigenvalue weighted by molar-refractivity contribution is 7.91. The molecule has 0 bridgehead atoms. The molecule has 3 heterocycles. The van der Waals surface area contributed by atoms with Gasteiger partial charge in [-0.25, -0.2) is 8.42 Å². The Balaban J connectivity index is 1.18. The van der Waals surface area contributed by atoms with Gasteiger partial charge in [0.25, 0.3) is 0 Å². The zero-order valence-electron chi connectivity index (χ0n) is 25.2. The lowest BCUT2D eigenvalue weighted by atomic mass is 9.96. The number of thiophene rings is 3. The lowest BCUT2D eigenvalue weighted by molar-refractivity contribution is 0.602. The van der Waals surface area contributed by atoms with Crippen LogP contribution >= 0.6 is 34.0 Å². The van der Waals surface area contributed by atoms with Crippen molar-refractivity contribution in [1.29, 1.82) is 0 Å². The smallest absolute Gasteiger partial charge is 0.177 e. The van der Waals surface area contributed by atoms with Crippen molar-refractivity contribution in [3.8, 4) is 40.4 Å². The standard InChI is InChI=1S/C41H26O2S4/c1-47(42,43)38-24-37(33-18-19-34(44-33)39-29-14-6-2-10-25(29)22-26-11-3-7-15-30(26)39)46-41(38)36-21-20-35(45-36)40-31-16-8-4-12-27(31)23-28-13-5-9-17-32(28)40/h2-24H,1H3. The number of rotatable bonds is 5. The first-order valence-corrected chi connectivity index (χ1v) is 19.6. The van der Waals surface area contributed by atoms with Gasteiger partial charge < -0.3 is 0 Å². The van der Waals surface area contributed by atoms with E-state index in [1.165, 1.54) is 65.3 Å². The van der Waals surface area contributed by atoms with Crippen LogP contribution in [-0.2, 0) is 9.84 Å². The summed E-state index contributed by atoms with van der Waals surface area (Å²) in [7, 11) is -3.47. The number of benzene rings is 6. The maximum Gasteiger partial charge on any atom is 0.177 e. The predicted molar refractivity (Wildman–Crippen MR) is 205 cm³/mol. The molecule has 6 heteroatoms. The lowest BCUT2D eigenvalue weighted by Crippen LogP contribution is -1.95. The highest BCUT2D eigenvalue weighted by Crippen LogP contribution is 2.49. The first-order valence-electron chi connectivity index (χ1n) is 15.3. The van der Waals surface area contributed by atoms with Crippen molar-refractivity contribution in [2.45, 2.75) is 4.90 Å². The molecule has 0 saturated heterocycles. The molecule has 0 amide bonds. The van der Waals surface area contributed by atoms with E-state index in [0.29, 0.717) is 4.90 Å². The summed E-state index contributed by atoms with van der Waals surface area (Å²) in [5.74, 6) is 0. The SMILES string of the molecule is CS(=O)(=O)c1cc(-c2ccc(-c3c4ccccc4cc4ccccc34)s2)sc1-c1ccc(-c2c3ccccc3cc3ccccc23)s1. The molecule has 0 N–H and O–H groups in total. The summed E-state index contributed by atoms with van der Waals surface area (Å²) in [6, 6.07) is 49.0. The van der Waals surface area contributed by atoms with Crippen molar-refractivity contribution in [2.24, 2.45) is 0 Å². The van der Waals surface area contributed by atoms with E-state index in [1.54, 1.807) is 34.0 Å². The lowest BCUT2D eigenvalue weighted by Gasteiger charge is -2.10. The molecule has 0 spiro atoms. The zero-order valence-corrected chi connectivity index (χ0v) is 28.5. The minimum Gasteiger partial charge on any atom is -0.224 e. The summed E-state index contributed by atoms with van der Waals surface area (Å²) in [5, 5.41) is 9.63. The highest BCUT2D eigenvalue weighted by atomic mass is 32.2. The minimum absolute atomic E-state index is 0.388. The molecule has 0 aliphatic rings. The maximum atomic E-state index is 13.2. The number of fused-ring (bicyclic) bond motifs is 4. The fourth-order valence-corrected chi connectivity index (χ4v) is 11.6. The Hall–Kier alpha value is -4.59. The number of hydrogen-bond acceptors (Lipinski definition) is 5. The van der Waals surface area contributed by atoms with Gasteiger partial charge in [0.2, 0.25) is 0 Å². The third kappa shape index (κ3) is 4.83. The van der Waals surface area contributed by atoms with E-state index in [0.717, 1.165) is 24.4 Å². The topological polar surface area (TPSA) is 34.1 Å². The summed E-state index contributed by atoms with van der Waals surface area (Å²) in [6.07, 6.45) is 1.32. The van der Waals surface area contributed by atoms with E-state index in [4.69, 9.17) is 0 Å². The molecule has 47 heavy (non-hydrogen) atoms. The molecular formula is C41H26O2S4. The molecule has 0 fully saturated rings. The first-order chi connectivity index (χ1) is 22.9. The molecule has 6 aromatic carbocycles. The molecule has 9 aromatic rings. The molecule has 3 aromatic heterocycles. The second kappa shape index (κ2) is 11.0. The molecular weight excluding hydrogens is 653 g/mol. The van der Waals surface area contributed by atoms with Crippen LogP contribution in [0.3, 0.4) is 0 Å². The molecule has 0 aliphatic heterocycles. The third-order valence-corrected chi connectivity index (χ3v) is 13.8. The average Bonchev–Trinajstić information content (AvgIpc) is 3.86. The van der Waals surface area contributed by atoms with Gasteiger partial charge in [-0.15, -0.1) is 34.0 Å². The van der Waals surface area contributed by atoms with Crippen LogP contribution in [0.15, 0.2) is 144 Å². The monoisotopic (exact) mass is 678 g/mol. The van der Waals surface area contributed by atoms with Gasteiger partial charge in [-0.1, -0.05) is 97.1 Å². The molecule has 0 unspecified atom stereocenters. The van der Waals surface area contributed by atoms with Crippen LogP contribution in [-0.4, -0.2) is 14.7 Å². The van der Waals surface area contributed by atoms with Crippen LogP contribution < -0.4 is 0 Å². The Morgan fingerprint density at radius 1 is 0.404 bits per heavy atom. The summed E-state index contributed by atoms with van der Waals surface area (Å²) in [6.45, 7) is 0. The number of hydrogen-bond donors (Lipinski definition) is 0. The fraction of sp³-hybridized carbons (Fsp3) is 0.0244. The highest BCUT2D eigenvalue weighted by Gasteiger charge is 2.23. The molecule has 0 atom stereocenters. The van der Waals surface area contributed by atoms with Crippen molar-refractivity contribution in [3.05, 3.63) is 140 Å². The van der Waals surface area contributed by atoms with Crippen LogP contribution in [0.25, 0.3) is 83.5 Å². The zero-order chi connectivity index (χ0) is 31.7. The summed E-state index contributed by atoms with van der Waals surface area (Å²) >= 11 is 4.95. The molecule has 0 aliphatic carbocycles. The van der Waals surface area contributed by atoms with E-state index in [1.807, 2.05) is 6.07 Å². The van der Waals surface area contributed by atoms with Gasteiger partial charge in [-0.3, -0.25) is 0 Å². The van der Waals surface area contributed by atoms with E-state index in [-0.39, 0.29) is 0 Å². The third-order valence-electron chi connectivity index (χ3n) is 8.81. The van der Waals surface area contributed by atoms with Crippen molar-refractivity contribution >= 4 is 86.9 Å². The second-order valence-electron chi connectivity index (χ2n) is 11.8. The Labute approximate surface area is 284 Å². The summed E-state index contributed by atoms with van der Waals surface area (Å²) in [4.78, 5) is 6.48. The van der Waals surface area contributed by atoms with Crippen LogP contribution in [0.5, 0.6) is 0 Å². The Morgan fingerprint density at radius 3 is 1.23 bits per heavy atom. The quantitative estimate of drug-likeness (QED) is 0.170. The van der Waals surface area contributed by atoms with E-state index in [2.05, 4.69) is 133 Å². The summed E-state index contributed by atoms with van der Waals surface area (Å²) in [5.41, 5.74) is 2.41. The van der Waals surface area contributed by atoms with Crippen LogP contribution in [0.2, 0.25) is 0 Å². The maximum absolute atomic E-state index is 13.2. The Bertz CT molecular complexity index is 2670. The van der Waals surface area contributed by atoms with Gasteiger partial charge in [0.1, 0.15) is 0 Å². The van der Waals surface area contributed by atoms with Gasteiger partial charge in [-0.05, 0) is 85.6 Å². The van der Waals surface area contributed by atoms with Gasteiger partial charge >= 0.3 is 0 Å². The molecule has 9 rings (SSSR count). The average molecular weight is 679 g/mol. The predicted octanol–water partition coefficient (Wildman–Crippen LogP) is 12.6. The molecule has 2 nitrogen and oxygen atoms in total. The van der Waals surface area contributed by atoms with Gasteiger partial charge in [0.05, 0.1) is 9.77 Å². The van der Waals surface area contributed by atoms with Gasteiger partial charge in [0.15, 0.2) is 9.84 Å². The van der Waals surface area contributed by atoms with Crippen molar-refractivity contribution < 1.29 is 8.42 Å². The molecule has 0 radical (unpaired) electrons. The van der Waals surface area contributed by atoms with Crippen LogP contribution in [0.1, 0.15) is 0 Å². The summed E-state index contributed by atoms with van der Waals surface area (Å²) < 4.78 is 26.5.